The van der Waals surface area contributed by atoms with E-state index in [2.05, 4.69) is 6.58 Å². The molecular formula is C20H16FNO3S. The molecule has 0 atom stereocenters. The predicted molar refractivity (Wildman–Crippen MR) is 100 cm³/mol. The lowest BCUT2D eigenvalue weighted by Crippen LogP contribution is -2.27. The summed E-state index contributed by atoms with van der Waals surface area (Å²) in [7, 11) is 0. The minimum atomic E-state index is -0.439. The van der Waals surface area contributed by atoms with Crippen molar-refractivity contribution in [2.24, 2.45) is 0 Å². The second kappa shape index (κ2) is 8.01. The molecule has 0 unspecified atom stereocenters. The van der Waals surface area contributed by atoms with Crippen LogP contribution in [0.1, 0.15) is 11.1 Å². The molecule has 2 aromatic rings. The number of nitrogens with zero attached hydrogens (tertiary/aromatic N) is 1. The summed E-state index contributed by atoms with van der Waals surface area (Å²) >= 11 is 0.851. The van der Waals surface area contributed by atoms with E-state index in [0.717, 1.165) is 22.2 Å². The van der Waals surface area contributed by atoms with E-state index in [0.29, 0.717) is 22.8 Å². The van der Waals surface area contributed by atoms with Crippen molar-refractivity contribution in [2.45, 2.75) is 6.54 Å². The van der Waals surface area contributed by atoms with E-state index in [1.165, 1.54) is 6.07 Å². The molecule has 0 bridgehead atoms. The molecule has 0 radical (unpaired) electrons. The Labute approximate surface area is 155 Å². The maximum absolute atomic E-state index is 13.8. The number of hydrogen-bond donors (Lipinski definition) is 0. The number of benzene rings is 2. The van der Waals surface area contributed by atoms with Crippen molar-refractivity contribution in [1.82, 2.24) is 4.90 Å². The molecule has 0 aromatic heterocycles. The zero-order chi connectivity index (χ0) is 18.5. The third-order valence-electron chi connectivity index (χ3n) is 3.71. The van der Waals surface area contributed by atoms with Gasteiger partial charge in [0.1, 0.15) is 18.2 Å². The van der Waals surface area contributed by atoms with Gasteiger partial charge in [0.15, 0.2) is 0 Å². The lowest BCUT2D eigenvalue weighted by atomic mass is 10.2. The Morgan fingerprint density at radius 3 is 2.54 bits per heavy atom. The molecule has 0 N–H and O–H groups in total. The van der Waals surface area contributed by atoms with Crippen LogP contribution in [0.4, 0.5) is 9.18 Å². The molecule has 1 aliphatic rings. The molecule has 1 saturated heterocycles. The third-order valence-corrected chi connectivity index (χ3v) is 4.61. The van der Waals surface area contributed by atoms with Gasteiger partial charge in [-0.1, -0.05) is 43.0 Å². The Hall–Kier alpha value is -2.86. The highest BCUT2D eigenvalue weighted by Crippen LogP contribution is 2.33. The molecule has 3 rings (SSSR count). The number of carbonyl (C=O) groups is 2. The highest BCUT2D eigenvalue weighted by atomic mass is 32.2. The molecule has 2 aromatic carbocycles. The summed E-state index contributed by atoms with van der Waals surface area (Å²) in [5, 5.41) is -0.407. The van der Waals surface area contributed by atoms with Gasteiger partial charge in [-0.25, -0.2) is 4.39 Å². The highest BCUT2D eigenvalue weighted by molar-refractivity contribution is 8.18. The van der Waals surface area contributed by atoms with Crippen LogP contribution in [0.25, 0.3) is 6.08 Å². The van der Waals surface area contributed by atoms with Crippen molar-refractivity contribution in [3.63, 3.8) is 0 Å². The van der Waals surface area contributed by atoms with Gasteiger partial charge in [-0.3, -0.25) is 14.5 Å². The highest BCUT2D eigenvalue weighted by Gasteiger charge is 2.35. The number of amides is 2. The maximum atomic E-state index is 13.8. The second-order valence-corrected chi connectivity index (χ2v) is 6.52. The van der Waals surface area contributed by atoms with Crippen molar-refractivity contribution in [1.29, 1.82) is 0 Å². The lowest BCUT2D eigenvalue weighted by Gasteiger charge is -2.12. The van der Waals surface area contributed by atoms with Gasteiger partial charge in [0.2, 0.25) is 0 Å². The molecule has 1 fully saturated rings. The van der Waals surface area contributed by atoms with Gasteiger partial charge >= 0.3 is 0 Å². The van der Waals surface area contributed by atoms with E-state index in [1.54, 1.807) is 54.6 Å². The average molecular weight is 369 g/mol. The van der Waals surface area contributed by atoms with Gasteiger partial charge in [-0.05, 0) is 41.6 Å². The number of thioether (sulfide) groups is 1. The van der Waals surface area contributed by atoms with Crippen LogP contribution >= 0.6 is 11.8 Å². The van der Waals surface area contributed by atoms with Crippen molar-refractivity contribution in [3.05, 3.63) is 83.0 Å². The number of rotatable bonds is 6. The van der Waals surface area contributed by atoms with E-state index in [1.807, 2.05) is 0 Å². The van der Waals surface area contributed by atoms with Crippen LogP contribution in [0.15, 0.2) is 66.1 Å². The molecule has 132 valence electrons. The predicted octanol–water partition coefficient (Wildman–Crippen LogP) is 4.63. The fraction of sp³-hybridized carbons (Fsp3) is 0.100. The Bertz CT molecular complexity index is 877. The topological polar surface area (TPSA) is 46.6 Å². The van der Waals surface area contributed by atoms with Crippen LogP contribution in [0, 0.1) is 5.82 Å². The number of halogens is 1. The Kier molecular flexibility index (Phi) is 5.53. The van der Waals surface area contributed by atoms with Crippen LogP contribution in [-0.4, -0.2) is 22.7 Å². The van der Waals surface area contributed by atoms with E-state index in [4.69, 9.17) is 4.74 Å². The van der Waals surface area contributed by atoms with Crippen molar-refractivity contribution < 1.29 is 18.7 Å². The van der Waals surface area contributed by atoms with Crippen LogP contribution < -0.4 is 4.74 Å². The van der Waals surface area contributed by atoms with Gasteiger partial charge in [0, 0.05) is 5.56 Å². The Morgan fingerprint density at radius 1 is 1.12 bits per heavy atom. The SMILES string of the molecule is C=CCOc1ccc(/C=C2/SC(=O)N(Cc3ccccc3F)C2=O)cc1. The van der Waals surface area contributed by atoms with Crippen LogP contribution in [0.2, 0.25) is 0 Å². The summed E-state index contributed by atoms with van der Waals surface area (Å²) < 4.78 is 19.2. The Morgan fingerprint density at radius 2 is 1.85 bits per heavy atom. The fourth-order valence-corrected chi connectivity index (χ4v) is 3.24. The van der Waals surface area contributed by atoms with Gasteiger partial charge in [0.25, 0.3) is 11.1 Å². The number of ether oxygens (including phenoxy) is 1. The summed E-state index contributed by atoms with van der Waals surface area (Å²) in [5.74, 6) is -0.171. The van der Waals surface area contributed by atoms with Gasteiger partial charge < -0.3 is 4.74 Å². The molecule has 0 aliphatic carbocycles. The quantitative estimate of drug-likeness (QED) is 0.550. The Balaban J connectivity index is 1.74. The van der Waals surface area contributed by atoms with Crippen LogP contribution in [0.5, 0.6) is 5.75 Å². The second-order valence-electron chi connectivity index (χ2n) is 5.53. The van der Waals surface area contributed by atoms with Crippen LogP contribution in [-0.2, 0) is 11.3 Å². The molecule has 6 heteroatoms. The fourth-order valence-electron chi connectivity index (χ4n) is 2.40. The van der Waals surface area contributed by atoms with Gasteiger partial charge in [-0.15, -0.1) is 0 Å². The minimum absolute atomic E-state index is 0.0803. The standard InChI is InChI=1S/C20H16FNO3S/c1-2-11-25-16-9-7-14(8-10-16)12-18-19(23)22(20(24)26-18)13-15-5-3-4-6-17(15)21/h2-10,12H,1,11,13H2/b18-12+. The molecule has 0 spiro atoms. The first-order chi connectivity index (χ1) is 12.6. The summed E-state index contributed by atoms with van der Waals surface area (Å²) in [6, 6.07) is 13.2. The lowest BCUT2D eigenvalue weighted by molar-refractivity contribution is -0.123. The van der Waals surface area contributed by atoms with E-state index in [9.17, 15) is 14.0 Å². The zero-order valence-corrected chi connectivity index (χ0v) is 14.7. The normalized spacial score (nSPS) is 15.6. The molecule has 1 aliphatic heterocycles. The smallest absolute Gasteiger partial charge is 0.293 e. The van der Waals surface area contributed by atoms with Crippen molar-refractivity contribution >= 4 is 29.0 Å². The van der Waals surface area contributed by atoms with Gasteiger partial charge in [0.05, 0.1) is 11.4 Å². The minimum Gasteiger partial charge on any atom is -0.490 e. The summed E-state index contributed by atoms with van der Waals surface area (Å²) in [6.07, 6.45) is 3.29. The van der Waals surface area contributed by atoms with Crippen molar-refractivity contribution in [3.8, 4) is 5.75 Å². The number of hydrogen-bond acceptors (Lipinski definition) is 4. The first-order valence-corrected chi connectivity index (χ1v) is 8.72. The summed E-state index contributed by atoms with van der Waals surface area (Å²) in [4.78, 5) is 26.0. The zero-order valence-electron chi connectivity index (χ0n) is 13.9. The monoisotopic (exact) mass is 369 g/mol. The van der Waals surface area contributed by atoms with Crippen molar-refractivity contribution in [2.75, 3.05) is 6.61 Å². The number of carbonyl (C=O) groups excluding carboxylic acids is 2. The molecule has 2 amide bonds. The molecule has 26 heavy (non-hydrogen) atoms. The van der Waals surface area contributed by atoms with E-state index in [-0.39, 0.29) is 6.54 Å². The third kappa shape index (κ3) is 4.03. The van der Waals surface area contributed by atoms with Crippen LogP contribution in [0.3, 0.4) is 0 Å². The van der Waals surface area contributed by atoms with E-state index < -0.39 is 17.0 Å². The molecule has 0 saturated carbocycles. The number of imide groups is 1. The summed E-state index contributed by atoms with van der Waals surface area (Å²) in [5.41, 5.74) is 1.08. The molecule has 4 nitrogen and oxygen atoms in total. The van der Waals surface area contributed by atoms with Gasteiger partial charge in [-0.2, -0.15) is 0 Å². The average Bonchev–Trinajstić information content (AvgIpc) is 2.90. The maximum Gasteiger partial charge on any atom is 0.293 e. The van der Waals surface area contributed by atoms with E-state index >= 15 is 0 Å². The summed E-state index contributed by atoms with van der Waals surface area (Å²) in [6.45, 7) is 3.92. The largest absolute Gasteiger partial charge is 0.490 e. The molecule has 1 heterocycles. The molecular weight excluding hydrogens is 353 g/mol. The first-order valence-electron chi connectivity index (χ1n) is 7.91. The first kappa shape index (κ1) is 17.9.